The van der Waals surface area contributed by atoms with E-state index in [9.17, 15) is 4.79 Å². The van der Waals surface area contributed by atoms with E-state index in [1.54, 1.807) is 0 Å². The van der Waals surface area contributed by atoms with Gasteiger partial charge >= 0.3 is 0 Å². The minimum Gasteiger partial charge on any atom is -0.273 e. The largest absolute Gasteiger partial charge is 0.273 e. The minimum absolute atomic E-state index is 0.105. The Morgan fingerprint density at radius 2 is 2.33 bits per heavy atom. The van der Waals surface area contributed by atoms with Crippen molar-refractivity contribution in [2.24, 2.45) is 0 Å². The van der Waals surface area contributed by atoms with Gasteiger partial charge in [-0.15, -0.1) is 0 Å². The molecule has 1 amide bonds. The van der Waals surface area contributed by atoms with Gasteiger partial charge in [0.05, 0.1) is 6.10 Å². The highest BCUT2D eigenvalue weighted by Gasteiger charge is 1.97. The topological polar surface area (TPSA) is 38.3 Å². The van der Waals surface area contributed by atoms with Gasteiger partial charge in [-0.3, -0.25) is 9.63 Å². The maximum absolute atomic E-state index is 10.2. The SMILES string of the molecule is CCC(C)ONC(C)=O. The Morgan fingerprint density at radius 3 is 2.67 bits per heavy atom. The van der Waals surface area contributed by atoms with Crippen LogP contribution in [0.5, 0.6) is 0 Å². The zero-order valence-corrected chi connectivity index (χ0v) is 6.10. The summed E-state index contributed by atoms with van der Waals surface area (Å²) in [4.78, 5) is 15.1. The van der Waals surface area contributed by atoms with E-state index in [-0.39, 0.29) is 12.0 Å². The molecule has 9 heavy (non-hydrogen) atoms. The molecule has 0 bridgehead atoms. The van der Waals surface area contributed by atoms with E-state index >= 15 is 0 Å². The highest BCUT2D eigenvalue weighted by Crippen LogP contribution is 1.91. The monoisotopic (exact) mass is 131 g/mol. The zero-order valence-electron chi connectivity index (χ0n) is 6.10. The molecule has 3 nitrogen and oxygen atoms in total. The predicted octanol–water partition coefficient (Wildman–Crippen LogP) is 0.853. The quantitative estimate of drug-likeness (QED) is 0.577. The smallest absolute Gasteiger partial charge is 0.240 e. The molecule has 0 saturated carbocycles. The highest BCUT2D eigenvalue weighted by molar-refractivity contribution is 5.71. The van der Waals surface area contributed by atoms with Crippen molar-refractivity contribution in [1.29, 1.82) is 0 Å². The molecular weight excluding hydrogens is 118 g/mol. The molecule has 0 aromatic heterocycles. The van der Waals surface area contributed by atoms with Crippen LogP contribution in [0.1, 0.15) is 27.2 Å². The Hall–Kier alpha value is -0.570. The summed E-state index contributed by atoms with van der Waals surface area (Å²) < 4.78 is 0. The van der Waals surface area contributed by atoms with E-state index < -0.39 is 0 Å². The Morgan fingerprint density at radius 1 is 1.78 bits per heavy atom. The van der Waals surface area contributed by atoms with Crippen molar-refractivity contribution in [1.82, 2.24) is 5.48 Å². The van der Waals surface area contributed by atoms with E-state index in [0.717, 1.165) is 6.42 Å². The Labute approximate surface area is 55.3 Å². The predicted molar refractivity (Wildman–Crippen MR) is 34.7 cm³/mol. The van der Waals surface area contributed by atoms with Gasteiger partial charge in [0.25, 0.3) is 0 Å². The average molecular weight is 131 g/mol. The Balaban J connectivity index is 3.16. The van der Waals surface area contributed by atoms with E-state index in [1.165, 1.54) is 6.92 Å². The molecule has 1 unspecified atom stereocenters. The number of hydroxylamine groups is 1. The molecule has 0 aliphatic heterocycles. The van der Waals surface area contributed by atoms with E-state index in [4.69, 9.17) is 4.84 Å². The van der Waals surface area contributed by atoms with Gasteiger partial charge in [0.15, 0.2) is 0 Å². The molecule has 3 heteroatoms. The molecule has 1 N–H and O–H groups in total. The van der Waals surface area contributed by atoms with E-state index in [2.05, 4.69) is 5.48 Å². The van der Waals surface area contributed by atoms with Gasteiger partial charge in [-0.25, -0.2) is 5.48 Å². The fourth-order valence-corrected chi connectivity index (χ4v) is 0.267. The molecule has 0 aromatic carbocycles. The number of carbonyl (C=O) groups excluding carboxylic acids is 1. The van der Waals surface area contributed by atoms with Crippen LogP contribution in [0, 0.1) is 0 Å². The third-order valence-electron chi connectivity index (χ3n) is 0.979. The molecular formula is C6H13NO2. The summed E-state index contributed by atoms with van der Waals surface area (Å²) in [6.07, 6.45) is 1.01. The van der Waals surface area contributed by atoms with Crippen molar-refractivity contribution in [3.8, 4) is 0 Å². The summed E-state index contributed by atoms with van der Waals surface area (Å²) in [5.41, 5.74) is 2.26. The van der Waals surface area contributed by atoms with Crippen LogP contribution < -0.4 is 5.48 Å². The summed E-state index contributed by atoms with van der Waals surface area (Å²) in [6.45, 7) is 5.31. The molecule has 0 aliphatic rings. The summed E-state index contributed by atoms with van der Waals surface area (Å²) in [7, 11) is 0. The van der Waals surface area contributed by atoms with Crippen LogP contribution in [0.4, 0.5) is 0 Å². The van der Waals surface area contributed by atoms with Gasteiger partial charge in [0, 0.05) is 6.92 Å². The second-order valence-corrected chi connectivity index (χ2v) is 1.99. The van der Waals surface area contributed by atoms with Gasteiger partial charge in [-0.2, -0.15) is 0 Å². The van der Waals surface area contributed by atoms with Crippen molar-refractivity contribution in [2.45, 2.75) is 33.3 Å². The van der Waals surface area contributed by atoms with Crippen molar-refractivity contribution < 1.29 is 9.63 Å². The van der Waals surface area contributed by atoms with E-state index in [0.29, 0.717) is 0 Å². The molecule has 0 heterocycles. The molecule has 0 aliphatic carbocycles. The lowest BCUT2D eigenvalue weighted by atomic mass is 10.3. The standard InChI is InChI=1S/C6H13NO2/c1-4-5(2)9-7-6(3)8/h5H,4H2,1-3H3,(H,7,8). The minimum atomic E-state index is -0.157. The number of nitrogens with one attached hydrogen (secondary N) is 1. The number of hydrogen-bond acceptors (Lipinski definition) is 2. The second kappa shape index (κ2) is 4.32. The maximum Gasteiger partial charge on any atom is 0.240 e. The molecule has 54 valence electrons. The van der Waals surface area contributed by atoms with Crippen LogP contribution in [-0.4, -0.2) is 12.0 Å². The first kappa shape index (κ1) is 8.43. The molecule has 0 saturated heterocycles. The molecule has 1 atom stereocenters. The Bertz CT molecular complexity index is 93.1. The number of carbonyl (C=O) groups is 1. The summed E-state index contributed by atoms with van der Waals surface area (Å²) in [6, 6.07) is 0. The first-order valence-corrected chi connectivity index (χ1v) is 3.09. The lowest BCUT2D eigenvalue weighted by molar-refractivity contribution is -0.135. The number of amides is 1. The Kier molecular flexibility index (Phi) is 4.05. The van der Waals surface area contributed by atoms with Gasteiger partial charge in [-0.1, -0.05) is 6.92 Å². The zero-order chi connectivity index (χ0) is 7.28. The lowest BCUT2D eigenvalue weighted by Gasteiger charge is -2.08. The number of rotatable bonds is 3. The first-order chi connectivity index (χ1) is 4.16. The van der Waals surface area contributed by atoms with Crippen molar-refractivity contribution in [3.05, 3.63) is 0 Å². The van der Waals surface area contributed by atoms with Crippen molar-refractivity contribution in [2.75, 3.05) is 0 Å². The van der Waals surface area contributed by atoms with Crippen LogP contribution in [0.2, 0.25) is 0 Å². The molecule has 0 aromatic rings. The van der Waals surface area contributed by atoms with Gasteiger partial charge < -0.3 is 0 Å². The third kappa shape index (κ3) is 5.30. The molecule has 0 rings (SSSR count). The van der Waals surface area contributed by atoms with Gasteiger partial charge in [0.2, 0.25) is 5.91 Å². The normalized spacial score (nSPS) is 12.8. The molecule has 0 radical (unpaired) electrons. The van der Waals surface area contributed by atoms with Crippen LogP contribution in [-0.2, 0) is 9.63 Å². The second-order valence-electron chi connectivity index (χ2n) is 1.99. The third-order valence-corrected chi connectivity index (χ3v) is 0.979. The van der Waals surface area contributed by atoms with Crippen LogP contribution in [0.3, 0.4) is 0 Å². The molecule has 0 fully saturated rings. The molecule has 0 spiro atoms. The van der Waals surface area contributed by atoms with Crippen LogP contribution in [0.15, 0.2) is 0 Å². The van der Waals surface area contributed by atoms with Gasteiger partial charge in [0.1, 0.15) is 0 Å². The fourth-order valence-electron chi connectivity index (χ4n) is 0.267. The lowest BCUT2D eigenvalue weighted by Crippen LogP contribution is -2.25. The van der Waals surface area contributed by atoms with Gasteiger partial charge in [-0.05, 0) is 13.3 Å². The summed E-state index contributed by atoms with van der Waals surface area (Å²) in [5.74, 6) is -0.157. The maximum atomic E-state index is 10.2. The van der Waals surface area contributed by atoms with Crippen molar-refractivity contribution in [3.63, 3.8) is 0 Å². The number of hydrogen-bond donors (Lipinski definition) is 1. The first-order valence-electron chi connectivity index (χ1n) is 3.09. The van der Waals surface area contributed by atoms with Crippen LogP contribution >= 0.6 is 0 Å². The highest BCUT2D eigenvalue weighted by atomic mass is 16.7. The van der Waals surface area contributed by atoms with E-state index in [1.807, 2.05) is 13.8 Å². The summed E-state index contributed by atoms with van der Waals surface area (Å²) in [5, 5.41) is 0. The fraction of sp³-hybridized carbons (Fsp3) is 0.833. The van der Waals surface area contributed by atoms with Crippen LogP contribution in [0.25, 0.3) is 0 Å². The van der Waals surface area contributed by atoms with Crippen molar-refractivity contribution >= 4 is 5.91 Å². The summed E-state index contributed by atoms with van der Waals surface area (Å²) >= 11 is 0. The average Bonchev–Trinajstić information content (AvgIpc) is 1.83.